The Labute approximate surface area is 109 Å². The Balaban J connectivity index is 2.35. The van der Waals surface area contributed by atoms with Gasteiger partial charge in [0.25, 0.3) is 0 Å². The average molecular weight is 249 g/mol. The normalized spacial score (nSPS) is 18.2. The first-order valence-electron chi connectivity index (χ1n) is 6.78. The van der Waals surface area contributed by atoms with Crippen molar-refractivity contribution in [1.29, 1.82) is 0 Å². The van der Waals surface area contributed by atoms with Crippen LogP contribution < -0.4 is 0 Å². The number of aromatic hydroxyl groups is 1. The number of nitrogens with zero attached hydrogens (tertiary/aromatic N) is 1. The van der Waals surface area contributed by atoms with Crippen LogP contribution in [0, 0.1) is 13.8 Å². The number of aryl methyl sites for hydroxylation is 2. The second-order valence-corrected chi connectivity index (χ2v) is 5.26. The van der Waals surface area contributed by atoms with E-state index in [4.69, 9.17) is 0 Å². The lowest BCUT2D eigenvalue weighted by Gasteiger charge is -2.30. The fraction of sp³-hybridized carbons (Fsp3) is 0.600. The van der Waals surface area contributed by atoms with E-state index in [0.29, 0.717) is 5.75 Å². The van der Waals surface area contributed by atoms with Crippen molar-refractivity contribution in [1.82, 2.24) is 4.90 Å². The van der Waals surface area contributed by atoms with Gasteiger partial charge in [0, 0.05) is 12.6 Å². The number of likely N-dealkylation sites (tertiary alicyclic amines) is 1. The monoisotopic (exact) mass is 249 g/mol. The van der Waals surface area contributed by atoms with E-state index < -0.39 is 0 Å². The number of phenolic OH excluding ortho intramolecular Hbond substituents is 1. The first-order chi connectivity index (χ1) is 8.63. The van der Waals surface area contributed by atoms with Gasteiger partial charge in [0.2, 0.25) is 0 Å². The molecule has 0 amide bonds. The van der Waals surface area contributed by atoms with Gasteiger partial charge in [-0.3, -0.25) is 4.90 Å². The van der Waals surface area contributed by atoms with E-state index in [1.165, 1.54) is 18.4 Å². The molecule has 1 atom stereocenters. The largest absolute Gasteiger partial charge is 0.508 e. The Kier molecular flexibility index (Phi) is 4.25. The van der Waals surface area contributed by atoms with Crippen molar-refractivity contribution in [3.63, 3.8) is 0 Å². The summed E-state index contributed by atoms with van der Waals surface area (Å²) in [5.41, 5.74) is 3.53. The minimum absolute atomic E-state index is 0.209. The minimum atomic E-state index is 0.209. The first-order valence-corrected chi connectivity index (χ1v) is 6.78. The molecule has 1 aliphatic heterocycles. The molecule has 2 N–H and O–H groups in total. The zero-order valence-electron chi connectivity index (χ0n) is 11.3. The molecular weight excluding hydrogens is 226 g/mol. The summed E-state index contributed by atoms with van der Waals surface area (Å²) in [6.07, 6.45) is 3.27. The van der Waals surface area contributed by atoms with Crippen molar-refractivity contribution < 1.29 is 10.2 Å². The second kappa shape index (κ2) is 5.72. The predicted molar refractivity (Wildman–Crippen MR) is 72.8 cm³/mol. The van der Waals surface area contributed by atoms with Crippen LogP contribution in [0.2, 0.25) is 0 Å². The molecule has 1 aromatic rings. The second-order valence-electron chi connectivity index (χ2n) is 5.26. The van der Waals surface area contributed by atoms with Crippen LogP contribution in [0.1, 0.15) is 42.0 Å². The summed E-state index contributed by atoms with van der Waals surface area (Å²) in [5.74, 6) is 0.331. The standard InChI is InChI=1S/C15H23NO2/c1-11-9-13(18)10-12(2)15(11)14(5-8-17)16-6-3-4-7-16/h9-10,14,17-18H,3-8H2,1-2H3. The van der Waals surface area contributed by atoms with Gasteiger partial charge in [-0.15, -0.1) is 0 Å². The highest BCUT2D eigenvalue weighted by molar-refractivity contribution is 5.42. The number of phenols is 1. The Morgan fingerprint density at radius 1 is 1.17 bits per heavy atom. The summed E-state index contributed by atoms with van der Waals surface area (Å²) >= 11 is 0. The maximum absolute atomic E-state index is 9.63. The lowest BCUT2D eigenvalue weighted by molar-refractivity contribution is 0.184. The van der Waals surface area contributed by atoms with Gasteiger partial charge >= 0.3 is 0 Å². The van der Waals surface area contributed by atoms with Crippen LogP contribution in [-0.4, -0.2) is 34.8 Å². The maximum atomic E-state index is 9.63. The Morgan fingerprint density at radius 3 is 2.22 bits per heavy atom. The van der Waals surface area contributed by atoms with Gasteiger partial charge in [-0.1, -0.05) is 0 Å². The van der Waals surface area contributed by atoms with Crippen LogP contribution in [0.25, 0.3) is 0 Å². The molecule has 3 heteroatoms. The molecule has 1 heterocycles. The van der Waals surface area contributed by atoms with Crippen LogP contribution in [0.5, 0.6) is 5.75 Å². The van der Waals surface area contributed by atoms with Gasteiger partial charge in [0.05, 0.1) is 0 Å². The van der Waals surface area contributed by atoms with Crippen LogP contribution in [0.3, 0.4) is 0 Å². The van der Waals surface area contributed by atoms with Crippen molar-refractivity contribution in [3.8, 4) is 5.75 Å². The number of benzene rings is 1. The molecule has 0 radical (unpaired) electrons. The van der Waals surface area contributed by atoms with E-state index in [2.05, 4.69) is 4.90 Å². The molecule has 1 aliphatic rings. The summed E-state index contributed by atoms with van der Waals surface area (Å²) in [6, 6.07) is 3.93. The number of hydrogen-bond donors (Lipinski definition) is 2. The van der Waals surface area contributed by atoms with Gasteiger partial charge in [-0.25, -0.2) is 0 Å². The maximum Gasteiger partial charge on any atom is 0.116 e. The highest BCUT2D eigenvalue weighted by Gasteiger charge is 2.25. The molecule has 2 rings (SSSR count). The quantitative estimate of drug-likeness (QED) is 0.861. The lowest BCUT2D eigenvalue weighted by atomic mass is 9.93. The molecule has 0 aromatic heterocycles. The lowest BCUT2D eigenvalue weighted by Crippen LogP contribution is -2.27. The van der Waals surface area contributed by atoms with E-state index in [0.717, 1.165) is 30.6 Å². The summed E-state index contributed by atoms with van der Waals surface area (Å²) in [6.45, 7) is 6.53. The molecule has 1 unspecified atom stereocenters. The zero-order valence-corrected chi connectivity index (χ0v) is 11.3. The van der Waals surface area contributed by atoms with E-state index in [1.807, 2.05) is 26.0 Å². The fourth-order valence-corrected chi connectivity index (χ4v) is 3.16. The summed E-state index contributed by atoms with van der Waals surface area (Å²) in [5, 5.41) is 19.0. The molecule has 0 saturated carbocycles. The van der Waals surface area contributed by atoms with Crippen molar-refractivity contribution >= 4 is 0 Å². The van der Waals surface area contributed by atoms with Crippen molar-refractivity contribution in [2.45, 2.75) is 39.2 Å². The van der Waals surface area contributed by atoms with E-state index in [-0.39, 0.29) is 12.6 Å². The van der Waals surface area contributed by atoms with Crippen LogP contribution in [-0.2, 0) is 0 Å². The van der Waals surface area contributed by atoms with E-state index >= 15 is 0 Å². The Bertz CT molecular complexity index is 388. The molecule has 100 valence electrons. The Hall–Kier alpha value is -1.06. The SMILES string of the molecule is Cc1cc(O)cc(C)c1C(CCO)N1CCCC1. The highest BCUT2D eigenvalue weighted by atomic mass is 16.3. The minimum Gasteiger partial charge on any atom is -0.508 e. The van der Waals surface area contributed by atoms with Crippen LogP contribution in [0.15, 0.2) is 12.1 Å². The van der Waals surface area contributed by atoms with Gasteiger partial charge in [-0.2, -0.15) is 0 Å². The first kappa shape index (κ1) is 13.4. The number of aliphatic hydroxyl groups is 1. The number of aliphatic hydroxyl groups excluding tert-OH is 1. The molecule has 1 saturated heterocycles. The van der Waals surface area contributed by atoms with Crippen molar-refractivity contribution in [2.75, 3.05) is 19.7 Å². The summed E-state index contributed by atoms with van der Waals surface area (Å²) < 4.78 is 0. The van der Waals surface area contributed by atoms with Crippen LogP contribution >= 0.6 is 0 Å². The molecule has 0 bridgehead atoms. The third kappa shape index (κ3) is 2.68. The summed E-state index contributed by atoms with van der Waals surface area (Å²) in [4.78, 5) is 2.46. The molecular formula is C15H23NO2. The van der Waals surface area contributed by atoms with Gasteiger partial charge < -0.3 is 10.2 Å². The smallest absolute Gasteiger partial charge is 0.116 e. The van der Waals surface area contributed by atoms with Gasteiger partial charge in [0.1, 0.15) is 5.75 Å². The number of rotatable bonds is 4. The molecule has 18 heavy (non-hydrogen) atoms. The molecule has 1 fully saturated rings. The molecule has 0 spiro atoms. The van der Waals surface area contributed by atoms with E-state index in [9.17, 15) is 10.2 Å². The third-order valence-corrected chi connectivity index (χ3v) is 3.90. The molecule has 0 aliphatic carbocycles. The predicted octanol–water partition coefficient (Wildman–Crippen LogP) is 2.53. The van der Waals surface area contributed by atoms with Gasteiger partial charge in [-0.05, 0) is 75.0 Å². The number of hydrogen-bond acceptors (Lipinski definition) is 3. The fourth-order valence-electron chi connectivity index (χ4n) is 3.16. The zero-order chi connectivity index (χ0) is 13.1. The van der Waals surface area contributed by atoms with Crippen molar-refractivity contribution in [3.05, 3.63) is 28.8 Å². The Morgan fingerprint density at radius 2 is 1.72 bits per heavy atom. The van der Waals surface area contributed by atoms with Gasteiger partial charge in [0.15, 0.2) is 0 Å². The molecule has 3 nitrogen and oxygen atoms in total. The molecule has 1 aromatic carbocycles. The highest BCUT2D eigenvalue weighted by Crippen LogP contribution is 2.34. The van der Waals surface area contributed by atoms with Crippen LogP contribution in [0.4, 0.5) is 0 Å². The third-order valence-electron chi connectivity index (χ3n) is 3.90. The average Bonchev–Trinajstić information content (AvgIpc) is 2.79. The topological polar surface area (TPSA) is 43.7 Å². The van der Waals surface area contributed by atoms with E-state index in [1.54, 1.807) is 0 Å². The summed E-state index contributed by atoms with van der Waals surface area (Å²) in [7, 11) is 0. The van der Waals surface area contributed by atoms with Crippen molar-refractivity contribution in [2.24, 2.45) is 0 Å².